The monoisotopic (exact) mass is 482 g/mol. The molecule has 0 bridgehead atoms. The van der Waals surface area contributed by atoms with Crippen molar-refractivity contribution in [3.05, 3.63) is 23.9 Å². The van der Waals surface area contributed by atoms with Crippen LogP contribution in [0.25, 0.3) is 0 Å². The molecular weight excluding hydrogens is 445 g/mol. The summed E-state index contributed by atoms with van der Waals surface area (Å²) in [6.45, 7) is 10.0. The maximum atomic E-state index is 13.8. The van der Waals surface area contributed by atoms with Gasteiger partial charge >= 0.3 is 6.18 Å². The smallest absolute Gasteiger partial charge is 0.381 e. The number of nitrogens with one attached hydrogen (secondary N) is 1. The third kappa shape index (κ3) is 5.20. The minimum atomic E-state index is -4.39. The Bertz CT molecular complexity index is 857. The van der Waals surface area contributed by atoms with E-state index in [1.165, 1.54) is 6.20 Å². The summed E-state index contributed by atoms with van der Waals surface area (Å²) in [4.78, 5) is 21.7. The van der Waals surface area contributed by atoms with Crippen LogP contribution in [0, 0.1) is 17.3 Å². The predicted molar refractivity (Wildman–Crippen MR) is 124 cm³/mol. The summed E-state index contributed by atoms with van der Waals surface area (Å²) in [6, 6.07) is 2.84. The molecule has 1 amide bonds. The van der Waals surface area contributed by atoms with Crippen LogP contribution in [-0.4, -0.2) is 67.3 Å². The van der Waals surface area contributed by atoms with Gasteiger partial charge in [-0.3, -0.25) is 4.79 Å². The van der Waals surface area contributed by atoms with Crippen LogP contribution in [0.3, 0.4) is 0 Å². The highest BCUT2D eigenvalue weighted by molar-refractivity contribution is 5.84. The standard InChI is InChI=1S/C25H37F3N4O2/c1-17(2)24(7-4-20(15-24)30-21-6-13-34-16-18(21)3)23(33)32-11-9-31(10-12-32)22-14-19(5-8-29-22)25(26,27)28/h5,8,14,17-18,20-21,30H,4,6-7,9-13,15-16H2,1-3H3/t18?,20?,21?,24-/m0/s1. The van der Waals surface area contributed by atoms with Crippen LogP contribution in [-0.2, 0) is 15.7 Å². The van der Waals surface area contributed by atoms with E-state index >= 15 is 0 Å². The molecule has 1 N–H and O–H groups in total. The number of alkyl halides is 3. The molecule has 2 saturated heterocycles. The summed E-state index contributed by atoms with van der Waals surface area (Å²) in [6.07, 6.45) is 0.508. The van der Waals surface area contributed by atoms with E-state index in [2.05, 4.69) is 31.1 Å². The van der Waals surface area contributed by atoms with Crippen molar-refractivity contribution in [2.24, 2.45) is 17.3 Å². The van der Waals surface area contributed by atoms with E-state index in [1.54, 1.807) is 0 Å². The molecule has 0 radical (unpaired) electrons. The van der Waals surface area contributed by atoms with Crippen molar-refractivity contribution < 1.29 is 22.7 Å². The highest BCUT2D eigenvalue weighted by Crippen LogP contribution is 2.46. The number of rotatable bonds is 5. The first-order valence-corrected chi connectivity index (χ1v) is 12.5. The van der Waals surface area contributed by atoms with Gasteiger partial charge in [-0.05, 0) is 49.7 Å². The van der Waals surface area contributed by atoms with Gasteiger partial charge in [0.05, 0.1) is 17.6 Å². The Kier molecular flexibility index (Phi) is 7.43. The molecule has 1 aliphatic carbocycles. The van der Waals surface area contributed by atoms with Gasteiger partial charge in [-0.25, -0.2) is 4.98 Å². The van der Waals surface area contributed by atoms with Gasteiger partial charge in [0.25, 0.3) is 0 Å². The average Bonchev–Trinajstić information content (AvgIpc) is 3.25. The van der Waals surface area contributed by atoms with E-state index in [4.69, 9.17) is 4.74 Å². The molecule has 9 heteroatoms. The van der Waals surface area contributed by atoms with Crippen LogP contribution in [0.15, 0.2) is 18.3 Å². The van der Waals surface area contributed by atoms with Crippen molar-refractivity contribution in [1.82, 2.24) is 15.2 Å². The molecule has 1 aromatic rings. The summed E-state index contributed by atoms with van der Waals surface area (Å²) < 4.78 is 44.8. The van der Waals surface area contributed by atoms with Crippen molar-refractivity contribution in [2.75, 3.05) is 44.3 Å². The number of amides is 1. The Balaban J connectivity index is 1.38. The van der Waals surface area contributed by atoms with Gasteiger partial charge in [0.1, 0.15) is 5.82 Å². The second-order valence-electron chi connectivity index (χ2n) is 10.5. The molecule has 2 aliphatic heterocycles. The topological polar surface area (TPSA) is 57.7 Å². The van der Waals surface area contributed by atoms with Crippen molar-refractivity contribution in [3.63, 3.8) is 0 Å². The van der Waals surface area contributed by atoms with Crippen LogP contribution in [0.4, 0.5) is 19.0 Å². The molecule has 3 fully saturated rings. The van der Waals surface area contributed by atoms with Crippen LogP contribution < -0.4 is 10.2 Å². The first-order valence-electron chi connectivity index (χ1n) is 12.5. The summed E-state index contributed by atoms with van der Waals surface area (Å²) >= 11 is 0. The maximum absolute atomic E-state index is 13.8. The van der Waals surface area contributed by atoms with Gasteiger partial charge in [0.2, 0.25) is 5.91 Å². The lowest BCUT2D eigenvalue weighted by molar-refractivity contribution is -0.145. The summed E-state index contributed by atoms with van der Waals surface area (Å²) in [5.41, 5.74) is -1.08. The van der Waals surface area contributed by atoms with E-state index < -0.39 is 11.7 Å². The molecule has 0 aromatic carbocycles. The van der Waals surface area contributed by atoms with Gasteiger partial charge in [-0.1, -0.05) is 20.8 Å². The zero-order valence-corrected chi connectivity index (χ0v) is 20.4. The van der Waals surface area contributed by atoms with E-state index in [-0.39, 0.29) is 17.2 Å². The first kappa shape index (κ1) is 25.2. The fourth-order valence-electron chi connectivity index (χ4n) is 5.84. The molecule has 4 atom stereocenters. The van der Waals surface area contributed by atoms with Gasteiger partial charge in [-0.15, -0.1) is 0 Å². The number of pyridine rings is 1. The summed E-state index contributed by atoms with van der Waals surface area (Å²) in [7, 11) is 0. The van der Waals surface area contributed by atoms with Crippen LogP contribution in [0.2, 0.25) is 0 Å². The fraction of sp³-hybridized carbons (Fsp3) is 0.760. The van der Waals surface area contributed by atoms with Gasteiger partial charge < -0.3 is 19.9 Å². The van der Waals surface area contributed by atoms with Crippen LogP contribution in [0.5, 0.6) is 0 Å². The molecule has 4 rings (SSSR count). The summed E-state index contributed by atoms with van der Waals surface area (Å²) in [5, 5.41) is 3.82. The van der Waals surface area contributed by atoms with Gasteiger partial charge in [0, 0.05) is 51.1 Å². The SMILES string of the molecule is CC1COCCC1NC1CC[C@@](C(=O)N2CCN(c3cc(C(F)(F)F)ccn3)CC2)(C(C)C)C1. The lowest BCUT2D eigenvalue weighted by Crippen LogP contribution is -2.54. The van der Waals surface area contributed by atoms with E-state index in [0.29, 0.717) is 50.0 Å². The Morgan fingerprint density at radius 3 is 2.62 bits per heavy atom. The molecule has 1 aromatic heterocycles. The Morgan fingerprint density at radius 2 is 1.97 bits per heavy atom. The normalized spacial score (nSPS) is 30.7. The number of ether oxygens (including phenoxy) is 1. The number of carbonyl (C=O) groups is 1. The lowest BCUT2D eigenvalue weighted by Gasteiger charge is -2.42. The number of nitrogens with zero attached hydrogens (tertiary/aromatic N) is 3. The van der Waals surface area contributed by atoms with Gasteiger partial charge in [-0.2, -0.15) is 13.2 Å². The largest absolute Gasteiger partial charge is 0.416 e. The van der Waals surface area contributed by atoms with Crippen LogP contribution in [0.1, 0.15) is 52.0 Å². The van der Waals surface area contributed by atoms with E-state index in [9.17, 15) is 18.0 Å². The zero-order valence-electron chi connectivity index (χ0n) is 20.4. The van der Waals surface area contributed by atoms with Crippen molar-refractivity contribution >= 4 is 11.7 Å². The molecule has 3 unspecified atom stereocenters. The minimum absolute atomic E-state index is 0.198. The second-order valence-corrected chi connectivity index (χ2v) is 10.5. The number of aromatic nitrogens is 1. The van der Waals surface area contributed by atoms with E-state index in [0.717, 1.165) is 51.0 Å². The molecule has 6 nitrogen and oxygen atoms in total. The lowest BCUT2D eigenvalue weighted by atomic mass is 9.74. The average molecular weight is 483 g/mol. The minimum Gasteiger partial charge on any atom is -0.381 e. The number of hydrogen-bond acceptors (Lipinski definition) is 5. The second kappa shape index (κ2) is 10.0. The maximum Gasteiger partial charge on any atom is 0.416 e. The molecule has 34 heavy (non-hydrogen) atoms. The van der Waals surface area contributed by atoms with E-state index in [1.807, 2.05) is 9.80 Å². The zero-order chi connectivity index (χ0) is 24.5. The number of piperazine rings is 1. The molecule has 3 aliphatic rings. The Hall–Kier alpha value is -1.87. The number of halogens is 3. The quantitative estimate of drug-likeness (QED) is 0.689. The molecular formula is C25H37F3N4O2. The van der Waals surface area contributed by atoms with Crippen molar-refractivity contribution in [3.8, 4) is 0 Å². The predicted octanol–water partition coefficient (Wildman–Crippen LogP) is 3.96. The number of hydrogen-bond donors (Lipinski definition) is 1. The highest BCUT2D eigenvalue weighted by Gasteiger charge is 2.50. The molecule has 1 saturated carbocycles. The van der Waals surface area contributed by atoms with Crippen molar-refractivity contribution in [1.29, 1.82) is 0 Å². The molecule has 0 spiro atoms. The third-order valence-electron chi connectivity index (χ3n) is 8.13. The third-order valence-corrected chi connectivity index (χ3v) is 8.13. The molecule has 3 heterocycles. The highest BCUT2D eigenvalue weighted by atomic mass is 19.4. The van der Waals surface area contributed by atoms with Crippen LogP contribution >= 0.6 is 0 Å². The number of carbonyl (C=O) groups excluding carboxylic acids is 1. The number of anilines is 1. The first-order chi connectivity index (χ1) is 16.1. The summed E-state index contributed by atoms with van der Waals surface area (Å²) in [5.74, 6) is 1.21. The fourth-order valence-corrected chi connectivity index (χ4v) is 5.84. The van der Waals surface area contributed by atoms with Crippen molar-refractivity contribution in [2.45, 2.75) is 64.7 Å². The molecule has 190 valence electrons. The Morgan fingerprint density at radius 1 is 1.24 bits per heavy atom. The van der Waals surface area contributed by atoms with Gasteiger partial charge in [0.15, 0.2) is 0 Å². The Labute approximate surface area is 200 Å².